The van der Waals surface area contributed by atoms with Crippen molar-refractivity contribution in [2.24, 2.45) is 0 Å². The second kappa shape index (κ2) is 10.3. The van der Waals surface area contributed by atoms with Crippen LogP contribution in [-0.4, -0.2) is 20.9 Å². The molecule has 0 saturated carbocycles. The summed E-state index contributed by atoms with van der Waals surface area (Å²) in [5.74, 6) is 0.395. The summed E-state index contributed by atoms with van der Waals surface area (Å²) in [6, 6.07) is 24.5. The molecule has 0 aliphatic rings. The SMILES string of the molecule is Cc1ccc2c(Nc3cc(C(=O)Nc4ccc(Br)cc4)ccc3Sc3ccc(N)cc3)ncnc2n1. The minimum atomic E-state index is -0.214. The van der Waals surface area contributed by atoms with Crippen molar-refractivity contribution in [1.82, 2.24) is 15.0 Å². The first-order valence-corrected chi connectivity index (χ1v) is 12.7. The number of hydrogen-bond donors (Lipinski definition) is 3. The van der Waals surface area contributed by atoms with Crippen molar-refractivity contribution >= 4 is 67.5 Å². The van der Waals surface area contributed by atoms with Gasteiger partial charge in [-0.15, -0.1) is 0 Å². The Balaban J connectivity index is 1.51. The van der Waals surface area contributed by atoms with Crippen LogP contribution in [0.3, 0.4) is 0 Å². The molecule has 4 N–H and O–H groups in total. The maximum atomic E-state index is 13.1. The fourth-order valence-electron chi connectivity index (χ4n) is 3.52. The van der Waals surface area contributed by atoms with Gasteiger partial charge in [-0.1, -0.05) is 27.7 Å². The number of hydrogen-bond acceptors (Lipinski definition) is 7. The smallest absolute Gasteiger partial charge is 0.255 e. The van der Waals surface area contributed by atoms with E-state index in [1.54, 1.807) is 11.8 Å². The van der Waals surface area contributed by atoms with E-state index in [1.807, 2.05) is 85.8 Å². The largest absolute Gasteiger partial charge is 0.399 e. The summed E-state index contributed by atoms with van der Waals surface area (Å²) in [7, 11) is 0. The van der Waals surface area contributed by atoms with Crippen molar-refractivity contribution in [2.45, 2.75) is 16.7 Å². The first kappa shape index (κ1) is 23.8. The molecule has 36 heavy (non-hydrogen) atoms. The van der Waals surface area contributed by atoms with Crippen LogP contribution in [0, 0.1) is 6.92 Å². The van der Waals surface area contributed by atoms with Crippen LogP contribution in [0.4, 0.5) is 22.9 Å². The number of nitrogens with zero attached hydrogens (tertiary/aromatic N) is 3. The van der Waals surface area contributed by atoms with Crippen molar-refractivity contribution in [2.75, 3.05) is 16.4 Å². The lowest BCUT2D eigenvalue weighted by Gasteiger charge is -2.15. The van der Waals surface area contributed by atoms with Crippen LogP contribution in [0.5, 0.6) is 0 Å². The molecule has 1 amide bonds. The summed E-state index contributed by atoms with van der Waals surface area (Å²) in [4.78, 5) is 28.2. The van der Waals surface area contributed by atoms with Gasteiger partial charge < -0.3 is 16.4 Å². The van der Waals surface area contributed by atoms with Gasteiger partial charge in [-0.3, -0.25) is 4.79 Å². The fraction of sp³-hybridized carbons (Fsp3) is 0.0370. The highest BCUT2D eigenvalue weighted by Crippen LogP contribution is 2.36. The molecule has 9 heteroatoms. The van der Waals surface area contributed by atoms with E-state index in [2.05, 4.69) is 41.5 Å². The second-order valence-corrected chi connectivity index (χ2v) is 10.0. The van der Waals surface area contributed by atoms with Crippen molar-refractivity contribution in [1.29, 1.82) is 0 Å². The fourth-order valence-corrected chi connectivity index (χ4v) is 4.67. The molecule has 0 bridgehead atoms. The first-order chi connectivity index (χ1) is 17.4. The molecule has 0 unspecified atom stereocenters. The Bertz CT molecular complexity index is 1560. The minimum absolute atomic E-state index is 0.214. The molecule has 0 radical (unpaired) electrons. The number of carbonyl (C=O) groups excluding carboxylic acids is 1. The molecule has 0 aliphatic heterocycles. The lowest BCUT2D eigenvalue weighted by molar-refractivity contribution is 0.102. The summed E-state index contributed by atoms with van der Waals surface area (Å²) >= 11 is 4.97. The Labute approximate surface area is 220 Å². The van der Waals surface area contributed by atoms with E-state index in [1.165, 1.54) is 6.33 Å². The highest BCUT2D eigenvalue weighted by Gasteiger charge is 2.14. The van der Waals surface area contributed by atoms with E-state index >= 15 is 0 Å². The minimum Gasteiger partial charge on any atom is -0.399 e. The van der Waals surface area contributed by atoms with Gasteiger partial charge in [0.1, 0.15) is 12.1 Å². The molecule has 0 saturated heterocycles. The van der Waals surface area contributed by atoms with Crippen molar-refractivity contribution in [3.05, 3.63) is 101 Å². The number of rotatable bonds is 6. The number of amides is 1. The number of nitrogen functional groups attached to an aromatic ring is 1. The highest BCUT2D eigenvalue weighted by atomic mass is 79.9. The predicted molar refractivity (Wildman–Crippen MR) is 149 cm³/mol. The second-order valence-electron chi connectivity index (χ2n) is 8.01. The molecule has 0 spiro atoms. The van der Waals surface area contributed by atoms with Gasteiger partial charge in [0.2, 0.25) is 0 Å². The molecular weight excluding hydrogens is 536 g/mol. The zero-order valence-electron chi connectivity index (χ0n) is 19.2. The highest BCUT2D eigenvalue weighted by molar-refractivity contribution is 9.10. The Kier molecular flexibility index (Phi) is 6.84. The summed E-state index contributed by atoms with van der Waals surface area (Å²) in [5, 5.41) is 7.14. The zero-order chi connectivity index (χ0) is 25.1. The van der Waals surface area contributed by atoms with Gasteiger partial charge in [-0.25, -0.2) is 15.0 Å². The molecule has 7 nitrogen and oxygen atoms in total. The van der Waals surface area contributed by atoms with Gasteiger partial charge in [0.25, 0.3) is 5.91 Å². The zero-order valence-corrected chi connectivity index (χ0v) is 21.6. The van der Waals surface area contributed by atoms with Crippen LogP contribution < -0.4 is 16.4 Å². The van der Waals surface area contributed by atoms with E-state index in [4.69, 9.17) is 5.73 Å². The van der Waals surface area contributed by atoms with E-state index in [0.717, 1.165) is 31.0 Å². The third-order valence-corrected chi connectivity index (χ3v) is 6.95. The van der Waals surface area contributed by atoms with Gasteiger partial charge in [0.05, 0.1) is 11.1 Å². The van der Waals surface area contributed by atoms with Gasteiger partial charge in [-0.2, -0.15) is 0 Å². The number of pyridine rings is 1. The number of benzene rings is 3. The molecule has 2 aromatic heterocycles. The van der Waals surface area contributed by atoms with E-state index < -0.39 is 0 Å². The normalized spacial score (nSPS) is 10.8. The number of nitrogens with one attached hydrogen (secondary N) is 2. The lowest BCUT2D eigenvalue weighted by atomic mass is 10.1. The standard InChI is InChI=1S/C27H21BrN6OS/c1-16-2-12-22-25(32-16)30-15-31-26(22)34-23-14-17(27(35)33-20-8-4-18(28)5-9-20)3-13-24(23)36-21-10-6-19(29)7-11-21/h2-15H,29H2,1H3,(H,33,35)(H,30,31,32,34). The van der Waals surface area contributed by atoms with Crippen LogP contribution in [0.25, 0.3) is 11.0 Å². The molecule has 0 aliphatic carbocycles. The van der Waals surface area contributed by atoms with E-state index in [9.17, 15) is 4.79 Å². The Hall–Kier alpha value is -3.95. The molecule has 5 aromatic rings. The van der Waals surface area contributed by atoms with Crippen LogP contribution in [0.1, 0.15) is 16.1 Å². The number of carbonyl (C=O) groups is 1. The number of aromatic nitrogens is 3. The number of aryl methyl sites for hydroxylation is 1. The average molecular weight is 557 g/mol. The van der Waals surface area contributed by atoms with E-state index in [-0.39, 0.29) is 5.91 Å². The summed E-state index contributed by atoms with van der Waals surface area (Å²) in [6.45, 7) is 1.92. The molecule has 5 rings (SSSR count). The van der Waals surface area contributed by atoms with Crippen LogP contribution in [0.2, 0.25) is 0 Å². The van der Waals surface area contributed by atoms with Crippen molar-refractivity contribution in [3.8, 4) is 0 Å². The van der Waals surface area contributed by atoms with Gasteiger partial charge in [0, 0.05) is 36.9 Å². The topological polar surface area (TPSA) is 106 Å². The Morgan fingerprint density at radius 1 is 0.944 bits per heavy atom. The van der Waals surface area contributed by atoms with Gasteiger partial charge in [0.15, 0.2) is 5.65 Å². The number of halogens is 1. The molecular formula is C27H21BrN6OS. The van der Waals surface area contributed by atoms with Crippen LogP contribution >= 0.6 is 27.7 Å². The lowest BCUT2D eigenvalue weighted by Crippen LogP contribution is -2.12. The van der Waals surface area contributed by atoms with Crippen molar-refractivity contribution in [3.63, 3.8) is 0 Å². The molecule has 0 atom stereocenters. The third-order valence-electron chi connectivity index (χ3n) is 5.34. The monoisotopic (exact) mass is 556 g/mol. The summed E-state index contributed by atoms with van der Waals surface area (Å²) < 4.78 is 0.942. The first-order valence-electron chi connectivity index (χ1n) is 11.0. The number of fused-ring (bicyclic) bond motifs is 1. The molecule has 3 aromatic carbocycles. The predicted octanol–water partition coefficient (Wildman–Crippen LogP) is 6.83. The molecule has 178 valence electrons. The summed E-state index contributed by atoms with van der Waals surface area (Å²) in [5.41, 5.74) is 9.98. The Morgan fingerprint density at radius 3 is 2.50 bits per heavy atom. The maximum absolute atomic E-state index is 13.1. The van der Waals surface area contributed by atoms with Crippen molar-refractivity contribution < 1.29 is 4.79 Å². The molecule has 2 heterocycles. The van der Waals surface area contributed by atoms with Gasteiger partial charge in [-0.05, 0) is 85.8 Å². The van der Waals surface area contributed by atoms with Gasteiger partial charge >= 0.3 is 0 Å². The van der Waals surface area contributed by atoms with Crippen LogP contribution in [0.15, 0.2) is 99.5 Å². The van der Waals surface area contributed by atoms with E-state index in [0.29, 0.717) is 28.4 Å². The quantitative estimate of drug-likeness (QED) is 0.197. The third kappa shape index (κ3) is 5.48. The Morgan fingerprint density at radius 2 is 1.72 bits per heavy atom. The summed E-state index contributed by atoms with van der Waals surface area (Å²) in [6.07, 6.45) is 1.48. The van der Waals surface area contributed by atoms with Crippen LogP contribution in [-0.2, 0) is 0 Å². The molecule has 0 fully saturated rings. The maximum Gasteiger partial charge on any atom is 0.255 e. The number of nitrogens with two attached hydrogens (primary N) is 1. The average Bonchev–Trinajstić information content (AvgIpc) is 2.87. The number of anilines is 4.